The van der Waals surface area contributed by atoms with Crippen molar-refractivity contribution in [2.45, 2.75) is 52.6 Å². The zero-order valence-corrected chi connectivity index (χ0v) is 21.7. The van der Waals surface area contributed by atoms with E-state index in [0.29, 0.717) is 28.8 Å². The van der Waals surface area contributed by atoms with E-state index < -0.39 is 6.04 Å². The maximum atomic E-state index is 13.2. The number of amides is 2. The summed E-state index contributed by atoms with van der Waals surface area (Å²) in [6.45, 7) is 6.51. The Bertz CT molecular complexity index is 939. The van der Waals surface area contributed by atoms with Crippen molar-refractivity contribution in [1.82, 2.24) is 10.2 Å². The van der Waals surface area contributed by atoms with Crippen LogP contribution in [0, 0.1) is 6.92 Å². The van der Waals surface area contributed by atoms with Crippen LogP contribution in [-0.2, 0) is 16.1 Å². The van der Waals surface area contributed by atoms with Crippen molar-refractivity contribution in [2.24, 2.45) is 0 Å². The van der Waals surface area contributed by atoms with E-state index >= 15 is 0 Å². The SMILES string of the molecule is CCCCNC(=O)[C@H](CC)N(Cc1ccc(Cl)c(Cl)c1)C(=O)COc1ccc(Br)c(C)c1. The summed E-state index contributed by atoms with van der Waals surface area (Å²) in [6.07, 6.45) is 2.33. The number of ether oxygens (including phenoxy) is 1. The summed E-state index contributed by atoms with van der Waals surface area (Å²) in [7, 11) is 0. The average Bonchev–Trinajstić information content (AvgIpc) is 2.76. The fourth-order valence-corrected chi connectivity index (χ4v) is 3.76. The Morgan fingerprint density at radius 3 is 2.50 bits per heavy atom. The molecule has 32 heavy (non-hydrogen) atoms. The van der Waals surface area contributed by atoms with Crippen LogP contribution >= 0.6 is 39.1 Å². The van der Waals surface area contributed by atoms with Crippen LogP contribution in [0.4, 0.5) is 0 Å². The van der Waals surface area contributed by atoms with Gasteiger partial charge in [0.1, 0.15) is 11.8 Å². The normalized spacial score (nSPS) is 11.7. The fraction of sp³-hybridized carbons (Fsp3) is 0.417. The average molecular weight is 544 g/mol. The third kappa shape index (κ3) is 7.68. The number of rotatable bonds is 11. The highest BCUT2D eigenvalue weighted by atomic mass is 79.9. The minimum atomic E-state index is -0.621. The Labute approximate surface area is 208 Å². The van der Waals surface area contributed by atoms with Crippen molar-refractivity contribution in [3.05, 3.63) is 62.0 Å². The summed E-state index contributed by atoms with van der Waals surface area (Å²) >= 11 is 15.7. The van der Waals surface area contributed by atoms with Crippen LogP contribution in [0.5, 0.6) is 5.75 Å². The summed E-state index contributed by atoms with van der Waals surface area (Å²) < 4.78 is 6.71. The largest absolute Gasteiger partial charge is 0.484 e. The minimum Gasteiger partial charge on any atom is -0.484 e. The van der Waals surface area contributed by atoms with Crippen molar-refractivity contribution in [2.75, 3.05) is 13.2 Å². The van der Waals surface area contributed by atoms with E-state index in [1.54, 1.807) is 29.2 Å². The number of halogens is 3. The molecule has 0 bridgehead atoms. The Kier molecular flexibility index (Phi) is 10.8. The van der Waals surface area contributed by atoms with Crippen molar-refractivity contribution in [3.8, 4) is 5.75 Å². The first-order chi connectivity index (χ1) is 15.3. The molecular formula is C24H29BrCl2N2O3. The second kappa shape index (κ2) is 13.1. The Balaban J connectivity index is 2.21. The van der Waals surface area contributed by atoms with E-state index in [-0.39, 0.29) is 25.0 Å². The van der Waals surface area contributed by atoms with E-state index in [2.05, 4.69) is 28.2 Å². The standard InChI is InChI=1S/C24H29BrCl2N2O3/c1-4-6-11-28-24(31)22(5-2)29(14-17-7-10-20(26)21(27)13-17)23(30)15-32-18-8-9-19(25)16(3)12-18/h7-10,12-13,22H,4-6,11,14-15H2,1-3H3,(H,28,31)/t22-/m0/s1. The molecule has 0 saturated carbocycles. The molecule has 0 aromatic heterocycles. The highest BCUT2D eigenvalue weighted by Crippen LogP contribution is 2.25. The number of nitrogens with one attached hydrogen (secondary N) is 1. The van der Waals surface area contributed by atoms with Gasteiger partial charge in [0.25, 0.3) is 5.91 Å². The van der Waals surface area contributed by atoms with E-state index in [0.717, 1.165) is 28.4 Å². The van der Waals surface area contributed by atoms with Crippen molar-refractivity contribution < 1.29 is 14.3 Å². The number of unbranched alkanes of at least 4 members (excludes halogenated alkanes) is 1. The van der Waals surface area contributed by atoms with Gasteiger partial charge in [-0.3, -0.25) is 9.59 Å². The van der Waals surface area contributed by atoms with Crippen LogP contribution < -0.4 is 10.1 Å². The third-order valence-electron chi connectivity index (χ3n) is 5.04. The molecule has 0 aliphatic carbocycles. The van der Waals surface area contributed by atoms with E-state index in [1.807, 2.05) is 26.0 Å². The summed E-state index contributed by atoms with van der Waals surface area (Å²) in [6, 6.07) is 10.1. The maximum absolute atomic E-state index is 13.2. The Morgan fingerprint density at radius 1 is 1.12 bits per heavy atom. The van der Waals surface area contributed by atoms with Gasteiger partial charge in [0.05, 0.1) is 10.0 Å². The lowest BCUT2D eigenvalue weighted by atomic mass is 10.1. The molecule has 5 nitrogen and oxygen atoms in total. The molecule has 1 N–H and O–H groups in total. The monoisotopic (exact) mass is 542 g/mol. The molecule has 1 atom stereocenters. The van der Waals surface area contributed by atoms with Crippen molar-refractivity contribution in [1.29, 1.82) is 0 Å². The smallest absolute Gasteiger partial charge is 0.261 e. The molecule has 0 saturated heterocycles. The number of nitrogens with zero attached hydrogens (tertiary/aromatic N) is 1. The lowest BCUT2D eigenvalue weighted by Gasteiger charge is -2.30. The second-order valence-electron chi connectivity index (χ2n) is 7.54. The quantitative estimate of drug-likeness (QED) is 0.345. The molecule has 0 unspecified atom stereocenters. The predicted octanol–water partition coefficient (Wildman–Crippen LogP) is 6.17. The molecule has 0 spiro atoms. The summed E-state index contributed by atoms with van der Waals surface area (Å²) in [5, 5.41) is 3.78. The molecule has 0 heterocycles. The number of hydrogen-bond acceptors (Lipinski definition) is 3. The zero-order chi connectivity index (χ0) is 23.7. The van der Waals surface area contributed by atoms with Crippen LogP contribution in [0.25, 0.3) is 0 Å². The second-order valence-corrected chi connectivity index (χ2v) is 9.21. The van der Waals surface area contributed by atoms with Crippen LogP contribution in [-0.4, -0.2) is 35.9 Å². The van der Waals surface area contributed by atoms with Crippen molar-refractivity contribution >= 4 is 50.9 Å². The maximum Gasteiger partial charge on any atom is 0.261 e. The first kappa shape index (κ1) is 26.5. The van der Waals surface area contributed by atoms with Gasteiger partial charge in [-0.05, 0) is 61.2 Å². The summed E-state index contributed by atoms with van der Waals surface area (Å²) in [4.78, 5) is 27.6. The third-order valence-corrected chi connectivity index (χ3v) is 6.67. The minimum absolute atomic E-state index is 0.172. The molecule has 0 fully saturated rings. The number of carbonyl (C=O) groups excluding carboxylic acids is 2. The zero-order valence-electron chi connectivity index (χ0n) is 18.6. The van der Waals surface area contributed by atoms with Crippen LogP contribution in [0.3, 0.4) is 0 Å². The number of hydrogen-bond donors (Lipinski definition) is 1. The van der Waals surface area contributed by atoms with Gasteiger partial charge in [0, 0.05) is 17.6 Å². The highest BCUT2D eigenvalue weighted by Gasteiger charge is 2.29. The topological polar surface area (TPSA) is 58.6 Å². The molecule has 174 valence electrons. The Hall–Kier alpha value is -1.76. The van der Waals surface area contributed by atoms with Crippen LogP contribution in [0.1, 0.15) is 44.2 Å². The van der Waals surface area contributed by atoms with Crippen molar-refractivity contribution in [3.63, 3.8) is 0 Å². The molecule has 2 aromatic rings. The van der Waals surface area contributed by atoms with Gasteiger partial charge >= 0.3 is 0 Å². The van der Waals surface area contributed by atoms with E-state index in [1.165, 1.54) is 0 Å². The molecule has 2 rings (SSSR count). The number of carbonyl (C=O) groups is 2. The number of benzene rings is 2. The summed E-state index contributed by atoms with van der Waals surface area (Å²) in [5.74, 6) is 0.136. The van der Waals surface area contributed by atoms with E-state index in [9.17, 15) is 9.59 Å². The van der Waals surface area contributed by atoms with Gasteiger partial charge in [-0.2, -0.15) is 0 Å². The molecule has 0 radical (unpaired) electrons. The molecule has 0 aliphatic rings. The van der Waals surface area contributed by atoms with Gasteiger partial charge in [-0.25, -0.2) is 0 Å². The molecule has 2 amide bonds. The highest BCUT2D eigenvalue weighted by molar-refractivity contribution is 9.10. The first-order valence-corrected chi connectivity index (χ1v) is 12.2. The molecule has 0 aliphatic heterocycles. The predicted molar refractivity (Wildman–Crippen MR) is 133 cm³/mol. The first-order valence-electron chi connectivity index (χ1n) is 10.7. The van der Waals surface area contributed by atoms with Crippen LogP contribution in [0.2, 0.25) is 10.0 Å². The summed E-state index contributed by atoms with van der Waals surface area (Å²) in [5.41, 5.74) is 1.79. The lowest BCUT2D eigenvalue weighted by Crippen LogP contribution is -2.50. The Morgan fingerprint density at radius 2 is 1.88 bits per heavy atom. The van der Waals surface area contributed by atoms with E-state index in [4.69, 9.17) is 27.9 Å². The fourth-order valence-electron chi connectivity index (χ4n) is 3.20. The molecule has 2 aromatic carbocycles. The number of aryl methyl sites for hydroxylation is 1. The van der Waals surface area contributed by atoms with Gasteiger partial charge in [0.2, 0.25) is 5.91 Å². The lowest BCUT2D eigenvalue weighted by molar-refractivity contribution is -0.143. The van der Waals surface area contributed by atoms with Crippen LogP contribution in [0.15, 0.2) is 40.9 Å². The van der Waals surface area contributed by atoms with Gasteiger partial charge in [-0.1, -0.05) is 65.5 Å². The molecule has 8 heteroatoms. The van der Waals surface area contributed by atoms with Gasteiger partial charge in [0.15, 0.2) is 6.61 Å². The van der Waals surface area contributed by atoms with Gasteiger partial charge in [-0.15, -0.1) is 0 Å². The van der Waals surface area contributed by atoms with Gasteiger partial charge < -0.3 is 15.0 Å². The molecular weight excluding hydrogens is 515 g/mol.